The monoisotopic (exact) mass is 436 g/mol. The minimum absolute atomic E-state index is 0.132. The predicted molar refractivity (Wildman–Crippen MR) is 120 cm³/mol. The summed E-state index contributed by atoms with van der Waals surface area (Å²) in [4.78, 5) is 8.33. The molecule has 160 valence electrons. The molecule has 4 aromatic rings. The van der Waals surface area contributed by atoms with E-state index in [1.165, 1.54) is 11.8 Å². The van der Waals surface area contributed by atoms with E-state index in [4.69, 9.17) is 5.73 Å². The zero-order valence-electron chi connectivity index (χ0n) is 17.0. The SMILES string of the molecule is Nc1nc2ccc(-c3cncc(S(=O)(=O)NCCCCCc4ccccc4)c3)cn2n1. The minimum atomic E-state index is -3.64. The minimum Gasteiger partial charge on any atom is -0.366 e. The summed E-state index contributed by atoms with van der Waals surface area (Å²) in [6.45, 7) is 0.394. The van der Waals surface area contributed by atoms with Crippen molar-refractivity contribution >= 4 is 21.6 Å². The number of nitrogens with two attached hydrogens (primary N) is 1. The Bertz CT molecular complexity index is 1270. The number of fused-ring (bicyclic) bond motifs is 1. The molecule has 3 heterocycles. The number of hydrogen-bond donors (Lipinski definition) is 2. The van der Waals surface area contributed by atoms with Crippen LogP contribution >= 0.6 is 0 Å². The second-order valence-electron chi connectivity index (χ2n) is 7.29. The fraction of sp³-hybridized carbons (Fsp3) is 0.227. The van der Waals surface area contributed by atoms with Crippen LogP contribution in [0.5, 0.6) is 0 Å². The topological polar surface area (TPSA) is 115 Å². The maximum Gasteiger partial charge on any atom is 0.242 e. The van der Waals surface area contributed by atoms with Gasteiger partial charge >= 0.3 is 0 Å². The smallest absolute Gasteiger partial charge is 0.242 e. The zero-order chi connectivity index (χ0) is 21.7. The van der Waals surface area contributed by atoms with Gasteiger partial charge in [0.25, 0.3) is 0 Å². The standard InChI is InChI=1S/C22H24N6O2S/c23-22-26-21-11-10-18(16-28(21)27-22)19-13-20(15-24-14-19)31(29,30)25-12-6-2-5-9-17-7-3-1-4-8-17/h1,3-4,7-8,10-11,13-16,25H,2,5-6,9,12H2,(H2,23,27). The van der Waals surface area contributed by atoms with Crippen molar-refractivity contribution in [3.8, 4) is 11.1 Å². The van der Waals surface area contributed by atoms with Gasteiger partial charge in [-0.25, -0.2) is 17.7 Å². The summed E-state index contributed by atoms with van der Waals surface area (Å²) in [6.07, 6.45) is 8.48. The van der Waals surface area contributed by atoms with Crippen molar-refractivity contribution in [1.82, 2.24) is 24.3 Å². The van der Waals surface area contributed by atoms with E-state index in [1.54, 1.807) is 29.0 Å². The van der Waals surface area contributed by atoms with E-state index >= 15 is 0 Å². The lowest BCUT2D eigenvalue weighted by Gasteiger charge is -2.08. The van der Waals surface area contributed by atoms with E-state index < -0.39 is 10.0 Å². The Morgan fingerprint density at radius 3 is 2.65 bits per heavy atom. The maximum absolute atomic E-state index is 12.7. The van der Waals surface area contributed by atoms with Crippen LogP contribution in [0.3, 0.4) is 0 Å². The van der Waals surface area contributed by atoms with Gasteiger partial charge in [0, 0.05) is 36.3 Å². The third-order valence-electron chi connectivity index (χ3n) is 4.98. The molecule has 0 aliphatic carbocycles. The third kappa shape index (κ3) is 5.25. The van der Waals surface area contributed by atoms with Crippen LogP contribution in [0.2, 0.25) is 0 Å². The fourth-order valence-electron chi connectivity index (χ4n) is 3.36. The number of nitrogens with one attached hydrogen (secondary N) is 1. The van der Waals surface area contributed by atoms with Crippen molar-refractivity contribution in [3.05, 3.63) is 72.7 Å². The highest BCUT2D eigenvalue weighted by atomic mass is 32.2. The Labute approximate surface area is 181 Å². The van der Waals surface area contributed by atoms with E-state index in [0.717, 1.165) is 31.2 Å². The summed E-state index contributed by atoms with van der Waals surface area (Å²) in [5.74, 6) is 0.180. The molecule has 31 heavy (non-hydrogen) atoms. The van der Waals surface area contributed by atoms with Gasteiger partial charge in [0.15, 0.2) is 5.65 Å². The molecule has 3 N–H and O–H groups in total. The van der Waals surface area contributed by atoms with Crippen molar-refractivity contribution in [2.75, 3.05) is 12.3 Å². The Kier molecular flexibility index (Phi) is 6.24. The number of anilines is 1. The second kappa shape index (κ2) is 9.23. The molecule has 0 bridgehead atoms. The number of aromatic nitrogens is 4. The first-order chi connectivity index (χ1) is 15.0. The molecule has 0 unspecified atom stereocenters. The first-order valence-electron chi connectivity index (χ1n) is 10.1. The quantitative estimate of drug-likeness (QED) is 0.390. The normalized spacial score (nSPS) is 11.7. The summed E-state index contributed by atoms with van der Waals surface area (Å²) in [7, 11) is -3.64. The molecular weight excluding hydrogens is 412 g/mol. The molecule has 0 saturated carbocycles. The molecule has 1 aromatic carbocycles. The average Bonchev–Trinajstić information content (AvgIpc) is 3.16. The van der Waals surface area contributed by atoms with Crippen molar-refractivity contribution in [1.29, 1.82) is 0 Å². The highest BCUT2D eigenvalue weighted by Gasteiger charge is 2.15. The number of aryl methyl sites for hydroxylation is 1. The van der Waals surface area contributed by atoms with Crippen molar-refractivity contribution < 1.29 is 8.42 Å². The zero-order valence-corrected chi connectivity index (χ0v) is 17.8. The van der Waals surface area contributed by atoms with Crippen molar-refractivity contribution in [2.24, 2.45) is 0 Å². The van der Waals surface area contributed by atoms with Gasteiger partial charge in [-0.15, -0.1) is 5.10 Å². The molecule has 0 aliphatic heterocycles. The van der Waals surface area contributed by atoms with Crippen molar-refractivity contribution in [2.45, 2.75) is 30.6 Å². The van der Waals surface area contributed by atoms with Gasteiger partial charge in [-0.3, -0.25) is 4.98 Å². The van der Waals surface area contributed by atoms with Crippen molar-refractivity contribution in [3.63, 3.8) is 0 Å². The number of benzene rings is 1. The Morgan fingerprint density at radius 1 is 0.968 bits per heavy atom. The molecule has 0 aliphatic rings. The molecule has 0 saturated heterocycles. The maximum atomic E-state index is 12.7. The molecule has 0 spiro atoms. The summed E-state index contributed by atoms with van der Waals surface area (Å²) < 4.78 is 29.6. The molecule has 3 aromatic heterocycles. The lowest BCUT2D eigenvalue weighted by Crippen LogP contribution is -2.25. The van der Waals surface area contributed by atoms with Gasteiger partial charge in [0.05, 0.1) is 0 Å². The van der Waals surface area contributed by atoms with Crippen LogP contribution in [0.15, 0.2) is 72.0 Å². The number of unbranched alkanes of at least 4 members (excludes halogenated alkanes) is 2. The summed E-state index contributed by atoms with van der Waals surface area (Å²) in [5.41, 5.74) is 8.98. The van der Waals surface area contributed by atoms with Crippen LogP contribution in [0.4, 0.5) is 5.95 Å². The highest BCUT2D eigenvalue weighted by molar-refractivity contribution is 7.89. The first-order valence-corrected chi connectivity index (χ1v) is 11.6. The largest absolute Gasteiger partial charge is 0.366 e. The van der Waals surface area contributed by atoms with Gasteiger partial charge < -0.3 is 5.73 Å². The number of nitrogen functional groups attached to an aromatic ring is 1. The van der Waals surface area contributed by atoms with Gasteiger partial charge in [-0.1, -0.05) is 36.8 Å². The first kappa shape index (κ1) is 21.0. The van der Waals surface area contributed by atoms with E-state index in [-0.39, 0.29) is 10.8 Å². The molecular formula is C22H24N6O2S. The Balaban J connectivity index is 1.35. The van der Waals surface area contributed by atoms with E-state index in [0.29, 0.717) is 17.8 Å². The molecule has 0 atom stereocenters. The summed E-state index contributed by atoms with van der Waals surface area (Å²) in [5, 5.41) is 4.09. The van der Waals surface area contributed by atoms with Crippen LogP contribution in [-0.2, 0) is 16.4 Å². The van der Waals surface area contributed by atoms with Crippen LogP contribution in [0.1, 0.15) is 24.8 Å². The summed E-state index contributed by atoms with van der Waals surface area (Å²) >= 11 is 0. The highest BCUT2D eigenvalue weighted by Crippen LogP contribution is 2.22. The molecule has 0 amide bonds. The number of nitrogens with zero attached hydrogens (tertiary/aromatic N) is 4. The Hall–Kier alpha value is -3.30. The number of rotatable bonds is 9. The van der Waals surface area contributed by atoms with Crippen LogP contribution in [0, 0.1) is 0 Å². The van der Waals surface area contributed by atoms with Gasteiger partial charge in [-0.2, -0.15) is 4.98 Å². The lowest BCUT2D eigenvalue weighted by molar-refractivity contribution is 0.574. The molecule has 8 nitrogen and oxygen atoms in total. The van der Waals surface area contributed by atoms with Crippen LogP contribution in [0.25, 0.3) is 16.8 Å². The van der Waals surface area contributed by atoms with Gasteiger partial charge in [0.2, 0.25) is 16.0 Å². The van der Waals surface area contributed by atoms with Crippen LogP contribution < -0.4 is 10.5 Å². The Morgan fingerprint density at radius 2 is 1.81 bits per heavy atom. The molecule has 4 rings (SSSR count). The van der Waals surface area contributed by atoms with Gasteiger partial charge in [-0.05, 0) is 43.0 Å². The summed E-state index contributed by atoms with van der Waals surface area (Å²) in [6, 6.07) is 15.5. The predicted octanol–water partition coefficient (Wildman–Crippen LogP) is 3.06. The van der Waals surface area contributed by atoms with E-state index in [1.807, 2.05) is 24.3 Å². The van der Waals surface area contributed by atoms with E-state index in [2.05, 4.69) is 31.9 Å². The third-order valence-corrected chi connectivity index (χ3v) is 6.41. The number of pyridine rings is 2. The lowest BCUT2D eigenvalue weighted by atomic mass is 10.1. The second-order valence-corrected chi connectivity index (χ2v) is 9.06. The molecule has 0 fully saturated rings. The van der Waals surface area contributed by atoms with Gasteiger partial charge in [0.1, 0.15) is 4.90 Å². The average molecular weight is 437 g/mol. The van der Waals surface area contributed by atoms with E-state index in [9.17, 15) is 8.42 Å². The molecule has 0 radical (unpaired) electrons. The fourth-order valence-corrected chi connectivity index (χ4v) is 4.42. The molecule has 9 heteroatoms. The number of hydrogen-bond acceptors (Lipinski definition) is 6. The van der Waals surface area contributed by atoms with Crippen LogP contribution in [-0.4, -0.2) is 34.5 Å². The number of sulfonamides is 1.